The maximum Gasteiger partial charge on any atom is 0.315 e. The number of aliphatic hydroxyl groups excluding tert-OH is 1. The zero-order valence-corrected chi connectivity index (χ0v) is 25.7. The van der Waals surface area contributed by atoms with Gasteiger partial charge in [0.25, 0.3) is 0 Å². The second-order valence-electron chi connectivity index (χ2n) is 10.3. The summed E-state index contributed by atoms with van der Waals surface area (Å²) in [5.74, 6) is -1.26. The van der Waals surface area contributed by atoms with Gasteiger partial charge in [0, 0.05) is 12.0 Å². The average molecular weight is 626 g/mol. The maximum absolute atomic E-state index is 12.3. The minimum absolute atomic E-state index is 0.0674. The first-order valence-electron chi connectivity index (χ1n) is 14.1. The van der Waals surface area contributed by atoms with Gasteiger partial charge in [-0.15, -0.1) is 6.58 Å². The number of primary amides is 1. The molecule has 1 aromatic heterocycles. The third kappa shape index (κ3) is 8.38. The lowest BCUT2D eigenvalue weighted by molar-refractivity contribution is -0.148. The molecule has 1 unspecified atom stereocenters. The van der Waals surface area contributed by atoms with Crippen LogP contribution in [0.5, 0.6) is 11.5 Å². The molecule has 1 amide bonds. The van der Waals surface area contributed by atoms with Crippen molar-refractivity contribution in [2.75, 3.05) is 7.11 Å². The van der Waals surface area contributed by atoms with Crippen LogP contribution < -0.4 is 5.73 Å². The number of methoxy groups -OCH3 is 1. The van der Waals surface area contributed by atoms with Crippen molar-refractivity contribution in [1.29, 1.82) is 0 Å². The van der Waals surface area contributed by atoms with E-state index in [1.165, 1.54) is 25.3 Å². The van der Waals surface area contributed by atoms with Crippen molar-refractivity contribution in [2.24, 2.45) is 16.3 Å². The fraction of sp³-hybridized carbons (Fsp3) is 0.206. The molecule has 0 saturated heterocycles. The third-order valence-corrected chi connectivity index (χ3v) is 6.82. The van der Waals surface area contributed by atoms with Crippen LogP contribution in [0.3, 0.4) is 0 Å². The van der Waals surface area contributed by atoms with Crippen LogP contribution in [0.4, 0.5) is 0 Å². The summed E-state index contributed by atoms with van der Waals surface area (Å²) in [6.07, 6.45) is 12.9. The molecule has 1 heterocycles. The Hall–Kier alpha value is -5.91. The number of aromatic nitrogens is 3. The van der Waals surface area contributed by atoms with Gasteiger partial charge in [-0.1, -0.05) is 53.8 Å². The van der Waals surface area contributed by atoms with E-state index in [9.17, 15) is 24.7 Å². The number of aromatic hydroxyl groups is 2. The van der Waals surface area contributed by atoms with Crippen LogP contribution in [-0.4, -0.2) is 49.3 Å². The summed E-state index contributed by atoms with van der Waals surface area (Å²) >= 11 is 0. The molecule has 238 valence electrons. The summed E-state index contributed by atoms with van der Waals surface area (Å²) in [6, 6.07) is 9.00. The van der Waals surface area contributed by atoms with Crippen LogP contribution in [0.2, 0.25) is 0 Å². The second kappa shape index (κ2) is 15.7. The largest absolute Gasteiger partial charge is 0.512 e. The minimum atomic E-state index is -0.880. The zero-order chi connectivity index (χ0) is 33.9. The van der Waals surface area contributed by atoms with Gasteiger partial charge in [0.1, 0.15) is 18.0 Å². The van der Waals surface area contributed by atoms with Gasteiger partial charge in [-0.25, -0.2) is 15.0 Å². The Bertz CT molecular complexity index is 1760. The number of hydrogen-bond donors (Lipinski definition) is 4. The van der Waals surface area contributed by atoms with Crippen molar-refractivity contribution >= 4 is 17.4 Å². The van der Waals surface area contributed by atoms with Crippen molar-refractivity contribution in [3.63, 3.8) is 0 Å². The Morgan fingerprint density at radius 1 is 1.11 bits per heavy atom. The number of benzene rings is 2. The Labute approximate surface area is 266 Å². The van der Waals surface area contributed by atoms with Gasteiger partial charge in [-0.2, -0.15) is 4.91 Å². The Balaban J connectivity index is 0.000000559. The normalized spacial score (nSPS) is 15.8. The molecule has 0 bridgehead atoms. The number of carbonyl (C=O) groups is 2. The monoisotopic (exact) mass is 625 g/mol. The molecule has 12 nitrogen and oxygen atoms in total. The predicted octanol–water partition coefficient (Wildman–Crippen LogP) is 6.09. The summed E-state index contributed by atoms with van der Waals surface area (Å²) in [4.78, 5) is 48.6. The predicted molar refractivity (Wildman–Crippen MR) is 174 cm³/mol. The molecule has 0 radical (unpaired) electrons. The highest BCUT2D eigenvalue weighted by Crippen LogP contribution is 2.37. The highest BCUT2D eigenvalue weighted by Gasteiger charge is 2.33. The van der Waals surface area contributed by atoms with Crippen LogP contribution in [0.1, 0.15) is 48.4 Å². The number of allylic oxidation sites excluding steroid dienone is 7. The summed E-state index contributed by atoms with van der Waals surface area (Å²) in [7, 11) is 1.32. The van der Waals surface area contributed by atoms with E-state index in [2.05, 4.69) is 26.7 Å². The highest BCUT2D eigenvalue weighted by molar-refractivity contribution is 6.01. The molecule has 12 heteroatoms. The number of nitrogens with two attached hydrogens (primary N) is 1. The van der Waals surface area contributed by atoms with E-state index in [0.717, 1.165) is 0 Å². The van der Waals surface area contributed by atoms with Crippen molar-refractivity contribution in [3.8, 4) is 34.3 Å². The molecule has 1 aliphatic carbocycles. The topological polar surface area (TPSA) is 198 Å². The van der Waals surface area contributed by atoms with Crippen molar-refractivity contribution < 1.29 is 29.6 Å². The van der Waals surface area contributed by atoms with Crippen LogP contribution in [0.15, 0.2) is 96.4 Å². The lowest BCUT2D eigenvalue weighted by atomic mass is 9.82. The number of nitrogens with zero attached hydrogens (tertiary/aromatic N) is 4. The fourth-order valence-corrected chi connectivity index (χ4v) is 4.39. The Morgan fingerprint density at radius 2 is 1.80 bits per heavy atom. The quantitative estimate of drug-likeness (QED) is 0.0672. The molecule has 4 rings (SSSR count). The number of phenolic OH excluding ortho intramolecular Hbond substituents is 2. The molecule has 46 heavy (non-hydrogen) atoms. The highest BCUT2D eigenvalue weighted by atomic mass is 16.5. The number of phenols is 2. The van der Waals surface area contributed by atoms with Crippen LogP contribution >= 0.6 is 0 Å². The van der Waals surface area contributed by atoms with Crippen molar-refractivity contribution in [2.45, 2.75) is 33.2 Å². The Kier molecular flexibility index (Phi) is 11.8. The summed E-state index contributed by atoms with van der Waals surface area (Å²) < 4.78 is 4.89. The molecule has 1 atom stereocenters. The SMILES string of the molecule is C=CC/C(O)=C\C=C/C.COC(=O)C1(C)C=CC(c2nc(-c3ccccc3O)nc(-c3c(O)cc(CN=O)cc3C(N)=O)n2)=CC1. The van der Waals surface area contributed by atoms with Crippen LogP contribution in [0, 0.1) is 10.3 Å². The molecule has 5 N–H and O–H groups in total. The van der Waals surface area contributed by atoms with E-state index < -0.39 is 17.3 Å². The van der Waals surface area contributed by atoms with E-state index in [1.54, 1.807) is 61.6 Å². The molecule has 0 aliphatic heterocycles. The number of amides is 1. The smallest absolute Gasteiger partial charge is 0.315 e. The Morgan fingerprint density at radius 3 is 2.39 bits per heavy atom. The van der Waals surface area contributed by atoms with Gasteiger partial charge in [-0.3, -0.25) is 9.59 Å². The number of para-hydroxylation sites is 1. The van der Waals surface area contributed by atoms with Gasteiger partial charge in [-0.05, 0) is 56.2 Å². The number of carbonyl (C=O) groups excluding carboxylic acids is 2. The number of hydrogen-bond acceptors (Lipinski definition) is 11. The zero-order valence-electron chi connectivity index (χ0n) is 25.7. The molecule has 0 spiro atoms. The minimum Gasteiger partial charge on any atom is -0.512 e. The van der Waals surface area contributed by atoms with Gasteiger partial charge >= 0.3 is 5.97 Å². The van der Waals surface area contributed by atoms with E-state index in [4.69, 9.17) is 15.6 Å². The first kappa shape index (κ1) is 34.6. The molecular formula is C34H35N5O7. The number of ether oxygens (including phenoxy) is 1. The number of esters is 1. The lowest BCUT2D eigenvalue weighted by Gasteiger charge is -2.24. The van der Waals surface area contributed by atoms with Gasteiger partial charge < -0.3 is 25.8 Å². The first-order chi connectivity index (χ1) is 22.0. The van der Waals surface area contributed by atoms with E-state index >= 15 is 0 Å². The number of rotatable bonds is 10. The fourth-order valence-electron chi connectivity index (χ4n) is 4.39. The van der Waals surface area contributed by atoms with Gasteiger partial charge in [0.05, 0.1) is 35.0 Å². The van der Waals surface area contributed by atoms with E-state index in [1.807, 2.05) is 13.0 Å². The summed E-state index contributed by atoms with van der Waals surface area (Å²) in [6.45, 7) is 6.84. The van der Waals surface area contributed by atoms with Gasteiger partial charge in [0.2, 0.25) is 5.91 Å². The molecule has 2 aromatic carbocycles. The van der Waals surface area contributed by atoms with E-state index in [0.29, 0.717) is 24.2 Å². The number of aliphatic hydroxyl groups is 1. The summed E-state index contributed by atoms with van der Waals surface area (Å²) in [5.41, 5.74) is 5.63. The first-order valence-corrected chi connectivity index (χ1v) is 14.1. The molecule has 3 aromatic rings. The van der Waals surface area contributed by atoms with Crippen LogP contribution in [-0.2, 0) is 16.1 Å². The van der Waals surface area contributed by atoms with Gasteiger partial charge in [0.15, 0.2) is 17.5 Å². The van der Waals surface area contributed by atoms with Crippen molar-refractivity contribution in [1.82, 2.24) is 15.0 Å². The lowest BCUT2D eigenvalue weighted by Crippen LogP contribution is -2.27. The summed E-state index contributed by atoms with van der Waals surface area (Å²) in [5, 5.41) is 32.9. The van der Waals surface area contributed by atoms with Crippen LogP contribution in [0.25, 0.3) is 28.3 Å². The number of nitroso groups, excluding NO2 is 1. The standard InChI is InChI=1S/C26H23N5O6.C8H12O/c1-26(25(35)37-2)9-7-15(8-10-26)22-29-23(16-5-3-4-6-18(16)32)31-24(30-22)20-17(21(27)34)11-14(13-28-36)12-19(20)33;1-3-5-7-8(9)6-4-2/h3-9,11-12,32-33H,10,13H2,1-2H3,(H2,27,34);3-5,7,9H,2,6H2,1H3/b;5-3-,8-7+. The van der Waals surface area contributed by atoms with E-state index in [-0.39, 0.29) is 57.8 Å². The molecule has 0 saturated carbocycles. The van der Waals surface area contributed by atoms with Crippen molar-refractivity contribution in [3.05, 3.63) is 113 Å². The molecule has 1 aliphatic rings. The molecule has 0 fully saturated rings. The maximum atomic E-state index is 12.3. The molecular weight excluding hydrogens is 590 g/mol. The third-order valence-electron chi connectivity index (χ3n) is 6.82. The second-order valence-corrected chi connectivity index (χ2v) is 10.3. The average Bonchev–Trinajstić information content (AvgIpc) is 3.04.